The summed E-state index contributed by atoms with van der Waals surface area (Å²) in [6.07, 6.45) is 5.21. The predicted octanol–water partition coefficient (Wildman–Crippen LogP) is 1.72. The molecule has 0 saturated carbocycles. The fourth-order valence-corrected chi connectivity index (χ4v) is 2.95. The number of likely N-dealkylation sites (tertiary alicyclic amines) is 1. The molecule has 24 heavy (non-hydrogen) atoms. The van der Waals surface area contributed by atoms with Gasteiger partial charge in [0, 0.05) is 6.54 Å². The molecular formula is C17H20N2O5. The fourth-order valence-electron chi connectivity index (χ4n) is 2.95. The van der Waals surface area contributed by atoms with E-state index in [0.29, 0.717) is 18.7 Å². The first-order valence-corrected chi connectivity index (χ1v) is 8.00. The lowest BCUT2D eigenvalue weighted by molar-refractivity contribution is -0.128. The van der Waals surface area contributed by atoms with E-state index in [0.717, 1.165) is 12.8 Å². The average Bonchev–Trinajstić information content (AvgIpc) is 3.32. The first-order chi connectivity index (χ1) is 11.7. The summed E-state index contributed by atoms with van der Waals surface area (Å²) in [5.74, 6) is 0.105. The summed E-state index contributed by atoms with van der Waals surface area (Å²) in [6.45, 7) is 0.222. The Morgan fingerprint density at radius 2 is 2.04 bits per heavy atom. The summed E-state index contributed by atoms with van der Waals surface area (Å²) >= 11 is 0. The van der Waals surface area contributed by atoms with Gasteiger partial charge in [0.05, 0.1) is 19.1 Å². The van der Waals surface area contributed by atoms with Gasteiger partial charge in [-0.3, -0.25) is 9.59 Å². The highest BCUT2D eigenvalue weighted by atomic mass is 16.3. The molecule has 2 amide bonds. The molecule has 0 aromatic carbocycles. The lowest BCUT2D eigenvalue weighted by Gasteiger charge is -2.34. The number of aliphatic hydroxyl groups excluding tert-OH is 1. The lowest BCUT2D eigenvalue weighted by Crippen LogP contribution is -2.52. The van der Waals surface area contributed by atoms with Crippen molar-refractivity contribution in [2.45, 2.75) is 31.3 Å². The zero-order chi connectivity index (χ0) is 16.9. The molecule has 7 nitrogen and oxygen atoms in total. The zero-order valence-corrected chi connectivity index (χ0v) is 13.2. The Labute approximate surface area is 139 Å². The molecule has 2 aromatic heterocycles. The largest absolute Gasteiger partial charge is 0.467 e. The third-order valence-corrected chi connectivity index (χ3v) is 4.18. The number of hydrogen-bond acceptors (Lipinski definition) is 5. The quantitative estimate of drug-likeness (QED) is 0.869. The number of nitrogens with zero attached hydrogens (tertiary/aromatic N) is 1. The number of amides is 2. The smallest absolute Gasteiger partial charge is 0.290 e. The van der Waals surface area contributed by atoms with Gasteiger partial charge in [-0.25, -0.2) is 0 Å². The molecular weight excluding hydrogens is 312 g/mol. The number of aliphatic hydroxyl groups is 1. The minimum Gasteiger partial charge on any atom is -0.467 e. The Morgan fingerprint density at radius 1 is 1.25 bits per heavy atom. The lowest BCUT2D eigenvalue weighted by atomic mass is 10.0. The molecule has 0 spiro atoms. The second-order valence-electron chi connectivity index (χ2n) is 5.75. The predicted molar refractivity (Wildman–Crippen MR) is 84.1 cm³/mol. The van der Waals surface area contributed by atoms with Crippen molar-refractivity contribution in [2.75, 3.05) is 13.2 Å². The van der Waals surface area contributed by atoms with E-state index >= 15 is 0 Å². The second kappa shape index (κ2) is 7.35. The van der Waals surface area contributed by atoms with Gasteiger partial charge in [0.15, 0.2) is 5.76 Å². The summed E-state index contributed by atoms with van der Waals surface area (Å²) in [4.78, 5) is 26.7. The summed E-state index contributed by atoms with van der Waals surface area (Å²) < 4.78 is 10.4. The van der Waals surface area contributed by atoms with Crippen LogP contribution in [-0.4, -0.2) is 41.0 Å². The molecule has 0 radical (unpaired) electrons. The van der Waals surface area contributed by atoms with Gasteiger partial charge in [0.1, 0.15) is 17.8 Å². The normalized spacial score (nSPS) is 19.0. The number of hydrogen-bond donors (Lipinski definition) is 2. The van der Waals surface area contributed by atoms with E-state index in [1.165, 1.54) is 17.4 Å². The van der Waals surface area contributed by atoms with Crippen molar-refractivity contribution < 1.29 is 23.5 Å². The van der Waals surface area contributed by atoms with Gasteiger partial charge >= 0.3 is 0 Å². The standard InChI is InChI=1S/C17H20N2O5/c20-11-12(14-6-3-9-23-14)18-16(21)13-5-1-2-8-19(13)17(22)15-7-4-10-24-15/h3-4,6-7,9-10,12-13,20H,1-2,5,8,11H2,(H,18,21). The average molecular weight is 332 g/mol. The summed E-state index contributed by atoms with van der Waals surface area (Å²) in [7, 11) is 0. The van der Waals surface area contributed by atoms with Crippen molar-refractivity contribution in [3.63, 3.8) is 0 Å². The molecule has 1 fully saturated rings. The van der Waals surface area contributed by atoms with Crippen LogP contribution in [0.4, 0.5) is 0 Å². The van der Waals surface area contributed by atoms with E-state index in [4.69, 9.17) is 8.83 Å². The van der Waals surface area contributed by atoms with Gasteiger partial charge in [-0.15, -0.1) is 0 Å². The molecule has 1 aliphatic heterocycles. The van der Waals surface area contributed by atoms with Crippen LogP contribution in [0.2, 0.25) is 0 Å². The van der Waals surface area contributed by atoms with E-state index in [-0.39, 0.29) is 24.2 Å². The highest BCUT2D eigenvalue weighted by Gasteiger charge is 2.34. The van der Waals surface area contributed by atoms with Crippen molar-refractivity contribution in [2.24, 2.45) is 0 Å². The van der Waals surface area contributed by atoms with Gasteiger partial charge in [-0.05, 0) is 43.5 Å². The van der Waals surface area contributed by atoms with Crippen molar-refractivity contribution >= 4 is 11.8 Å². The SMILES string of the molecule is O=C(NC(CO)c1ccco1)C1CCCCN1C(=O)c1ccco1. The fraction of sp³-hybridized carbons (Fsp3) is 0.412. The minimum atomic E-state index is -0.630. The maximum atomic E-state index is 12.7. The van der Waals surface area contributed by atoms with Gasteiger partial charge in [0.25, 0.3) is 5.91 Å². The molecule has 1 aliphatic rings. The van der Waals surface area contributed by atoms with Crippen LogP contribution < -0.4 is 5.32 Å². The minimum absolute atomic E-state index is 0.222. The Balaban J connectivity index is 1.72. The molecule has 2 aromatic rings. The Bertz CT molecular complexity index is 665. The van der Waals surface area contributed by atoms with E-state index < -0.39 is 12.1 Å². The molecule has 1 saturated heterocycles. The van der Waals surface area contributed by atoms with E-state index in [2.05, 4.69) is 5.32 Å². The Hall–Kier alpha value is -2.54. The van der Waals surface area contributed by atoms with Gasteiger partial charge in [-0.1, -0.05) is 0 Å². The maximum absolute atomic E-state index is 12.7. The number of carbonyl (C=O) groups excluding carboxylic acids is 2. The van der Waals surface area contributed by atoms with Gasteiger partial charge in [0.2, 0.25) is 5.91 Å². The molecule has 2 unspecified atom stereocenters. The summed E-state index contributed by atoms with van der Waals surface area (Å²) in [5, 5.41) is 12.3. The number of furan rings is 2. The highest BCUT2D eigenvalue weighted by molar-refractivity contribution is 5.95. The second-order valence-corrected chi connectivity index (χ2v) is 5.75. The van der Waals surface area contributed by atoms with Crippen molar-refractivity contribution in [1.29, 1.82) is 0 Å². The van der Waals surface area contributed by atoms with Crippen molar-refractivity contribution in [3.8, 4) is 0 Å². The molecule has 3 rings (SSSR count). The summed E-state index contributed by atoms with van der Waals surface area (Å²) in [6, 6.07) is 5.40. The number of carbonyl (C=O) groups is 2. The number of rotatable bonds is 5. The maximum Gasteiger partial charge on any atom is 0.290 e. The molecule has 0 bridgehead atoms. The molecule has 3 heterocycles. The van der Waals surface area contributed by atoms with Crippen LogP contribution in [0.15, 0.2) is 45.6 Å². The van der Waals surface area contributed by atoms with E-state index in [1.807, 2.05) is 0 Å². The van der Waals surface area contributed by atoms with Crippen LogP contribution in [0, 0.1) is 0 Å². The first-order valence-electron chi connectivity index (χ1n) is 8.00. The molecule has 2 atom stereocenters. The first kappa shape index (κ1) is 16.3. The third kappa shape index (κ3) is 3.35. The molecule has 0 aliphatic carbocycles. The van der Waals surface area contributed by atoms with Gasteiger partial charge < -0.3 is 24.2 Å². The number of nitrogens with one attached hydrogen (secondary N) is 1. The summed E-state index contributed by atoms with van der Waals surface area (Å²) in [5.41, 5.74) is 0. The van der Waals surface area contributed by atoms with Crippen LogP contribution in [-0.2, 0) is 4.79 Å². The Kier molecular flexibility index (Phi) is 5.00. The molecule has 128 valence electrons. The van der Waals surface area contributed by atoms with Crippen molar-refractivity contribution in [3.05, 3.63) is 48.3 Å². The zero-order valence-electron chi connectivity index (χ0n) is 13.2. The van der Waals surface area contributed by atoms with Crippen LogP contribution >= 0.6 is 0 Å². The van der Waals surface area contributed by atoms with Crippen LogP contribution in [0.3, 0.4) is 0 Å². The van der Waals surface area contributed by atoms with Gasteiger partial charge in [-0.2, -0.15) is 0 Å². The van der Waals surface area contributed by atoms with Crippen LogP contribution in [0.25, 0.3) is 0 Å². The Morgan fingerprint density at radius 3 is 2.71 bits per heavy atom. The van der Waals surface area contributed by atoms with Crippen molar-refractivity contribution in [1.82, 2.24) is 10.2 Å². The molecule has 2 N–H and O–H groups in total. The van der Waals surface area contributed by atoms with E-state index in [1.54, 1.807) is 24.3 Å². The monoisotopic (exact) mass is 332 g/mol. The van der Waals surface area contributed by atoms with Crippen LogP contribution in [0.5, 0.6) is 0 Å². The van der Waals surface area contributed by atoms with Crippen LogP contribution in [0.1, 0.15) is 41.6 Å². The third-order valence-electron chi connectivity index (χ3n) is 4.18. The number of piperidine rings is 1. The topological polar surface area (TPSA) is 95.9 Å². The van der Waals surface area contributed by atoms with E-state index in [9.17, 15) is 14.7 Å². The highest BCUT2D eigenvalue weighted by Crippen LogP contribution is 2.21. The molecule has 7 heteroatoms.